The van der Waals surface area contributed by atoms with Gasteiger partial charge in [-0.1, -0.05) is 0 Å². The Morgan fingerprint density at radius 1 is 1.44 bits per heavy atom. The molecule has 0 radical (unpaired) electrons. The Hall–Kier alpha value is -0.190. The van der Waals surface area contributed by atoms with E-state index in [2.05, 4.69) is 0 Å². The molecule has 3 nitrogen and oxygen atoms in total. The van der Waals surface area contributed by atoms with Gasteiger partial charge in [0.15, 0.2) is 0 Å². The molecule has 0 aliphatic carbocycles. The third kappa shape index (κ3) is 2.74. The largest absolute Gasteiger partial charge is 0.626 e. The Morgan fingerprint density at radius 3 is 1.78 bits per heavy atom. The molecule has 0 fully saturated rings. The molecule has 0 aromatic rings. The van der Waals surface area contributed by atoms with E-state index < -0.39 is 4.65 Å². The first-order valence-corrected chi connectivity index (χ1v) is 3.03. The molecule has 0 N–H and O–H groups in total. The van der Waals surface area contributed by atoms with E-state index in [0.29, 0.717) is 5.11 Å². The van der Waals surface area contributed by atoms with Gasteiger partial charge in [-0.15, -0.1) is 0 Å². The number of thiocarbonyl (C=S) groups is 1. The van der Waals surface area contributed by atoms with Crippen LogP contribution in [0.1, 0.15) is 0 Å². The first kappa shape index (κ1) is 8.81. The van der Waals surface area contributed by atoms with Crippen LogP contribution in [-0.2, 0) is 0 Å². The SMILES string of the molecule is CN(C)C(=S)[N+](C)(C)[O-]. The molecule has 0 rings (SSSR count). The van der Waals surface area contributed by atoms with Crippen LogP contribution in [0, 0.1) is 5.21 Å². The third-order valence-corrected chi connectivity index (χ3v) is 1.65. The van der Waals surface area contributed by atoms with Crippen LogP contribution in [0.4, 0.5) is 0 Å². The van der Waals surface area contributed by atoms with E-state index in [1.807, 2.05) is 0 Å². The molecular formula is C5H12N2OS. The van der Waals surface area contributed by atoms with Crippen LogP contribution in [0.3, 0.4) is 0 Å². The van der Waals surface area contributed by atoms with Crippen molar-refractivity contribution in [1.82, 2.24) is 4.90 Å². The molecule has 54 valence electrons. The van der Waals surface area contributed by atoms with Crippen molar-refractivity contribution in [2.45, 2.75) is 0 Å². The topological polar surface area (TPSA) is 26.3 Å². The molecule has 9 heavy (non-hydrogen) atoms. The van der Waals surface area contributed by atoms with Crippen LogP contribution in [0.2, 0.25) is 0 Å². The number of nitrogens with zero attached hydrogens (tertiary/aromatic N) is 2. The van der Waals surface area contributed by atoms with Gasteiger partial charge in [0.1, 0.15) is 0 Å². The van der Waals surface area contributed by atoms with E-state index in [4.69, 9.17) is 12.2 Å². The lowest BCUT2D eigenvalue weighted by atomic mass is 10.7. The van der Waals surface area contributed by atoms with Gasteiger partial charge in [-0.05, 0) is 0 Å². The molecule has 0 aromatic carbocycles. The van der Waals surface area contributed by atoms with Crippen molar-refractivity contribution in [3.05, 3.63) is 5.21 Å². The van der Waals surface area contributed by atoms with Gasteiger partial charge in [0, 0.05) is 26.3 Å². The zero-order valence-corrected chi connectivity index (χ0v) is 7.03. The lowest BCUT2D eigenvalue weighted by molar-refractivity contribution is -0.746. The third-order valence-electron chi connectivity index (χ3n) is 0.843. The Kier molecular flexibility index (Phi) is 2.54. The number of quaternary nitrogens is 1. The molecule has 0 heterocycles. The Bertz CT molecular complexity index is 117. The van der Waals surface area contributed by atoms with Crippen LogP contribution < -0.4 is 0 Å². The molecule has 0 saturated heterocycles. The van der Waals surface area contributed by atoms with Gasteiger partial charge in [-0.3, -0.25) is 0 Å². The second kappa shape index (κ2) is 2.60. The van der Waals surface area contributed by atoms with Crippen molar-refractivity contribution < 1.29 is 4.65 Å². The summed E-state index contributed by atoms with van der Waals surface area (Å²) in [5.41, 5.74) is 0. The fourth-order valence-corrected chi connectivity index (χ4v) is 0.482. The lowest BCUT2D eigenvalue weighted by Crippen LogP contribution is -2.45. The van der Waals surface area contributed by atoms with Crippen LogP contribution in [-0.4, -0.2) is 42.8 Å². The Labute approximate surface area is 61.0 Å². The van der Waals surface area contributed by atoms with Crippen molar-refractivity contribution in [3.63, 3.8) is 0 Å². The predicted octanol–water partition coefficient (Wildman–Crippen LogP) is 0.407. The van der Waals surface area contributed by atoms with Crippen molar-refractivity contribution in [1.29, 1.82) is 0 Å². The minimum Gasteiger partial charge on any atom is -0.626 e. The van der Waals surface area contributed by atoms with Crippen molar-refractivity contribution in [2.24, 2.45) is 0 Å². The normalized spacial score (nSPS) is 11.2. The first-order valence-electron chi connectivity index (χ1n) is 2.62. The summed E-state index contributed by atoms with van der Waals surface area (Å²) in [4.78, 5) is 1.64. The van der Waals surface area contributed by atoms with E-state index in [9.17, 15) is 5.21 Å². The van der Waals surface area contributed by atoms with Gasteiger partial charge >= 0.3 is 0 Å². The first-order chi connectivity index (χ1) is 3.85. The molecule has 0 spiro atoms. The Balaban J connectivity index is 4.06. The second-order valence-electron chi connectivity index (χ2n) is 2.53. The molecule has 0 bridgehead atoms. The highest BCUT2D eigenvalue weighted by Gasteiger charge is 2.12. The molecule has 0 aliphatic rings. The molecule has 0 aromatic heterocycles. The number of hydroxylamine groups is 3. The summed E-state index contributed by atoms with van der Waals surface area (Å²) in [6.45, 7) is 0. The zero-order chi connectivity index (χ0) is 7.65. The molecule has 0 aliphatic heterocycles. The standard InChI is InChI=1S/C5H12N2OS/c1-6(2)5(9)7(3,4)8/h1-4H3. The monoisotopic (exact) mass is 148 g/mol. The highest BCUT2D eigenvalue weighted by atomic mass is 32.1. The van der Waals surface area contributed by atoms with Crippen LogP contribution in [0.25, 0.3) is 0 Å². The van der Waals surface area contributed by atoms with Gasteiger partial charge in [0.2, 0.25) is 0 Å². The molecule has 0 atom stereocenters. The fraction of sp³-hybridized carbons (Fsp3) is 0.800. The van der Waals surface area contributed by atoms with Gasteiger partial charge in [0.25, 0.3) is 5.11 Å². The summed E-state index contributed by atoms with van der Waals surface area (Å²) >= 11 is 4.80. The smallest absolute Gasteiger partial charge is 0.271 e. The Morgan fingerprint density at radius 2 is 1.78 bits per heavy atom. The number of hydrogen-bond acceptors (Lipinski definition) is 2. The molecule has 0 saturated carbocycles. The van der Waals surface area contributed by atoms with E-state index in [0.717, 1.165) is 0 Å². The highest BCUT2D eigenvalue weighted by molar-refractivity contribution is 7.79. The average Bonchev–Trinajstić information content (AvgIpc) is 1.62. The quantitative estimate of drug-likeness (QED) is 0.283. The summed E-state index contributed by atoms with van der Waals surface area (Å²) < 4.78 is -0.525. The maximum absolute atomic E-state index is 11.0. The van der Waals surface area contributed by atoms with Crippen molar-refractivity contribution in [3.8, 4) is 0 Å². The van der Waals surface area contributed by atoms with Gasteiger partial charge in [0.05, 0.1) is 14.1 Å². The van der Waals surface area contributed by atoms with Gasteiger partial charge in [-0.2, -0.15) is 0 Å². The molecule has 4 heteroatoms. The summed E-state index contributed by atoms with van der Waals surface area (Å²) in [5.74, 6) is 0. The molecule has 0 amide bonds. The van der Waals surface area contributed by atoms with Crippen LogP contribution in [0.15, 0.2) is 0 Å². The average molecular weight is 148 g/mol. The maximum Gasteiger partial charge on any atom is 0.271 e. The van der Waals surface area contributed by atoms with Crippen LogP contribution in [0.5, 0.6) is 0 Å². The summed E-state index contributed by atoms with van der Waals surface area (Å²) in [5, 5.41) is 11.4. The van der Waals surface area contributed by atoms with Crippen molar-refractivity contribution >= 4 is 17.3 Å². The minimum atomic E-state index is -0.525. The van der Waals surface area contributed by atoms with Gasteiger partial charge in [-0.25, -0.2) is 0 Å². The summed E-state index contributed by atoms with van der Waals surface area (Å²) in [7, 11) is 6.53. The molecular weight excluding hydrogens is 136 g/mol. The van der Waals surface area contributed by atoms with Crippen LogP contribution >= 0.6 is 12.2 Å². The number of hydrogen-bond donors (Lipinski definition) is 0. The summed E-state index contributed by atoms with van der Waals surface area (Å²) in [6, 6.07) is 0. The maximum atomic E-state index is 11.0. The second-order valence-corrected chi connectivity index (χ2v) is 2.89. The minimum absolute atomic E-state index is 0.384. The summed E-state index contributed by atoms with van der Waals surface area (Å²) in [6.07, 6.45) is 0. The lowest BCUT2D eigenvalue weighted by Gasteiger charge is -2.35. The van der Waals surface area contributed by atoms with Crippen molar-refractivity contribution in [2.75, 3.05) is 28.2 Å². The number of rotatable bonds is 0. The predicted molar refractivity (Wildman–Crippen MR) is 41.8 cm³/mol. The van der Waals surface area contributed by atoms with Gasteiger partial charge < -0.3 is 14.8 Å². The van der Waals surface area contributed by atoms with E-state index in [1.54, 1.807) is 19.0 Å². The zero-order valence-electron chi connectivity index (χ0n) is 6.21. The fourth-order valence-electron chi connectivity index (χ4n) is 0.482. The highest BCUT2D eigenvalue weighted by Crippen LogP contribution is 1.98. The van der Waals surface area contributed by atoms with E-state index in [1.165, 1.54) is 14.1 Å². The molecule has 0 unspecified atom stereocenters. The van der Waals surface area contributed by atoms with E-state index >= 15 is 0 Å². The van der Waals surface area contributed by atoms with E-state index in [-0.39, 0.29) is 0 Å².